The smallest absolute Gasteiger partial charge is 0.268 e. The first-order valence-electron chi connectivity index (χ1n) is 8.56. The Balaban J connectivity index is 1.96. The quantitative estimate of drug-likeness (QED) is 0.565. The third kappa shape index (κ3) is 3.00. The van der Waals surface area contributed by atoms with E-state index in [1.54, 1.807) is 24.4 Å². The van der Waals surface area contributed by atoms with Crippen LogP contribution >= 0.6 is 0 Å². The molecule has 0 spiro atoms. The summed E-state index contributed by atoms with van der Waals surface area (Å²) in [7, 11) is 0. The van der Waals surface area contributed by atoms with E-state index in [4.69, 9.17) is 0 Å². The number of para-hydroxylation sites is 1. The first-order valence-corrected chi connectivity index (χ1v) is 8.56. The first kappa shape index (κ1) is 16.7. The van der Waals surface area contributed by atoms with Gasteiger partial charge in [-0.2, -0.15) is 0 Å². The van der Waals surface area contributed by atoms with Crippen molar-refractivity contribution in [2.24, 2.45) is 0 Å². The normalized spacial score (nSPS) is 10.8. The van der Waals surface area contributed by atoms with Crippen molar-refractivity contribution in [1.29, 1.82) is 0 Å². The third-order valence-electron chi connectivity index (χ3n) is 4.47. The van der Waals surface area contributed by atoms with Crippen LogP contribution in [-0.2, 0) is 6.54 Å². The fraction of sp³-hybridized carbons (Fsp3) is 0.0455. The van der Waals surface area contributed by atoms with Gasteiger partial charge >= 0.3 is 5.69 Å². The van der Waals surface area contributed by atoms with E-state index in [0.29, 0.717) is 16.7 Å². The van der Waals surface area contributed by atoms with Crippen molar-refractivity contribution in [2.75, 3.05) is 0 Å². The molecule has 132 valence electrons. The van der Waals surface area contributed by atoms with Gasteiger partial charge < -0.3 is 0 Å². The maximum atomic E-state index is 13.2. The lowest BCUT2D eigenvalue weighted by molar-refractivity contribution is 0.683. The zero-order chi connectivity index (χ0) is 18.8. The molecule has 0 atom stereocenters. The Labute approximate surface area is 155 Å². The maximum absolute atomic E-state index is 13.2. The zero-order valence-corrected chi connectivity index (χ0v) is 14.6. The molecule has 2 aromatic carbocycles. The summed E-state index contributed by atoms with van der Waals surface area (Å²) in [5.74, 6) is 0. The Morgan fingerprint density at radius 2 is 1.67 bits per heavy atom. The average Bonchev–Trinajstić information content (AvgIpc) is 2.72. The summed E-state index contributed by atoms with van der Waals surface area (Å²) in [6.07, 6.45) is 3.33. The lowest BCUT2D eigenvalue weighted by Gasteiger charge is -2.13. The Morgan fingerprint density at radius 1 is 0.926 bits per heavy atom. The molecule has 0 saturated carbocycles. The van der Waals surface area contributed by atoms with Gasteiger partial charge in [-0.15, -0.1) is 0 Å². The molecule has 0 aliphatic rings. The number of hydrogen-bond acceptors (Lipinski definition) is 3. The molecule has 0 fully saturated rings. The summed E-state index contributed by atoms with van der Waals surface area (Å²) >= 11 is 0. The molecule has 27 heavy (non-hydrogen) atoms. The zero-order valence-electron chi connectivity index (χ0n) is 14.6. The van der Waals surface area contributed by atoms with Crippen LogP contribution in [0.25, 0.3) is 22.8 Å². The van der Waals surface area contributed by atoms with E-state index in [-0.39, 0.29) is 12.1 Å². The van der Waals surface area contributed by atoms with E-state index in [2.05, 4.69) is 11.6 Å². The molecule has 0 N–H and O–H groups in total. The summed E-state index contributed by atoms with van der Waals surface area (Å²) in [5.41, 5.74) is 2.12. The molecule has 2 aromatic heterocycles. The Hall–Kier alpha value is -3.73. The summed E-state index contributed by atoms with van der Waals surface area (Å²) in [4.78, 5) is 30.4. The Kier molecular flexibility index (Phi) is 4.26. The van der Waals surface area contributed by atoms with Gasteiger partial charge in [-0.1, -0.05) is 55.1 Å². The van der Waals surface area contributed by atoms with Crippen LogP contribution in [0.15, 0.2) is 89.1 Å². The molecule has 0 unspecified atom stereocenters. The molecule has 0 saturated heterocycles. The first-order chi connectivity index (χ1) is 13.2. The second-order valence-corrected chi connectivity index (χ2v) is 6.17. The number of aromatic nitrogens is 3. The van der Waals surface area contributed by atoms with E-state index in [0.717, 1.165) is 11.1 Å². The number of rotatable bonds is 4. The van der Waals surface area contributed by atoms with E-state index in [9.17, 15) is 9.59 Å². The number of pyridine rings is 1. The van der Waals surface area contributed by atoms with Gasteiger partial charge in [-0.05, 0) is 35.4 Å². The fourth-order valence-corrected chi connectivity index (χ4v) is 3.08. The van der Waals surface area contributed by atoms with Crippen molar-refractivity contribution < 1.29 is 0 Å². The SMILES string of the molecule is C=Cc1ccc(Cn2c(=O)c3cccnc3n(-c3ccccc3)c2=O)cc1. The lowest BCUT2D eigenvalue weighted by Crippen LogP contribution is -2.40. The van der Waals surface area contributed by atoms with Gasteiger partial charge in [-0.3, -0.25) is 9.36 Å². The number of benzene rings is 2. The minimum absolute atomic E-state index is 0.187. The van der Waals surface area contributed by atoms with Gasteiger partial charge in [0.1, 0.15) is 0 Å². The third-order valence-corrected chi connectivity index (χ3v) is 4.47. The van der Waals surface area contributed by atoms with Gasteiger partial charge in [0.05, 0.1) is 17.6 Å². The highest BCUT2D eigenvalue weighted by Crippen LogP contribution is 2.12. The molecule has 4 rings (SSSR count). The highest BCUT2D eigenvalue weighted by atomic mass is 16.2. The number of nitrogens with zero attached hydrogens (tertiary/aromatic N) is 3. The minimum atomic E-state index is -0.412. The van der Waals surface area contributed by atoms with Crippen LogP contribution in [0, 0.1) is 0 Å². The summed E-state index contributed by atoms with van der Waals surface area (Å²) in [6.45, 7) is 3.92. The standard InChI is InChI=1S/C22H17N3O2/c1-2-16-10-12-17(13-11-16)15-24-21(26)19-9-6-14-23-20(19)25(22(24)27)18-7-4-3-5-8-18/h2-14H,1,15H2. The number of fused-ring (bicyclic) bond motifs is 1. The average molecular weight is 355 g/mol. The fourth-order valence-electron chi connectivity index (χ4n) is 3.08. The van der Waals surface area contributed by atoms with Gasteiger partial charge in [0.15, 0.2) is 5.65 Å². The van der Waals surface area contributed by atoms with Crippen molar-refractivity contribution in [2.45, 2.75) is 6.54 Å². The highest BCUT2D eigenvalue weighted by Gasteiger charge is 2.15. The van der Waals surface area contributed by atoms with Gasteiger partial charge in [0.2, 0.25) is 0 Å². The van der Waals surface area contributed by atoms with Gasteiger partial charge in [-0.25, -0.2) is 14.3 Å². The van der Waals surface area contributed by atoms with Crippen LogP contribution in [0.3, 0.4) is 0 Å². The predicted molar refractivity (Wildman–Crippen MR) is 107 cm³/mol. The molecule has 0 aliphatic carbocycles. The van der Waals surface area contributed by atoms with E-state index in [1.807, 2.05) is 54.6 Å². The van der Waals surface area contributed by atoms with E-state index >= 15 is 0 Å². The van der Waals surface area contributed by atoms with Crippen molar-refractivity contribution in [3.63, 3.8) is 0 Å². The van der Waals surface area contributed by atoms with Crippen LogP contribution in [-0.4, -0.2) is 14.1 Å². The van der Waals surface area contributed by atoms with E-state index in [1.165, 1.54) is 9.13 Å². The summed E-state index contributed by atoms with van der Waals surface area (Å²) < 4.78 is 2.73. The molecule has 0 amide bonds. The molecule has 4 aromatic rings. The Morgan fingerprint density at radius 3 is 2.37 bits per heavy atom. The number of hydrogen-bond donors (Lipinski definition) is 0. The second kappa shape index (κ2) is 6.88. The van der Waals surface area contributed by atoms with Crippen LogP contribution in [0.1, 0.15) is 11.1 Å². The molecular formula is C22H17N3O2. The molecular weight excluding hydrogens is 338 g/mol. The predicted octanol–water partition coefficient (Wildman–Crippen LogP) is 3.24. The lowest BCUT2D eigenvalue weighted by atomic mass is 10.1. The molecule has 5 nitrogen and oxygen atoms in total. The highest BCUT2D eigenvalue weighted by molar-refractivity contribution is 5.75. The van der Waals surface area contributed by atoms with Crippen LogP contribution in [0.2, 0.25) is 0 Å². The largest absolute Gasteiger partial charge is 0.337 e. The maximum Gasteiger partial charge on any atom is 0.337 e. The van der Waals surface area contributed by atoms with Crippen molar-refractivity contribution in [3.05, 3.63) is 111 Å². The molecule has 5 heteroatoms. The topological polar surface area (TPSA) is 56.9 Å². The molecule has 2 heterocycles. The van der Waals surface area contributed by atoms with Crippen LogP contribution in [0.4, 0.5) is 0 Å². The van der Waals surface area contributed by atoms with Gasteiger partial charge in [0, 0.05) is 6.20 Å². The van der Waals surface area contributed by atoms with Gasteiger partial charge in [0.25, 0.3) is 5.56 Å². The summed E-state index contributed by atoms with van der Waals surface area (Å²) in [6, 6.07) is 20.2. The van der Waals surface area contributed by atoms with Crippen LogP contribution in [0.5, 0.6) is 0 Å². The van der Waals surface area contributed by atoms with E-state index < -0.39 is 5.69 Å². The molecule has 0 radical (unpaired) electrons. The van der Waals surface area contributed by atoms with Crippen molar-refractivity contribution in [3.8, 4) is 5.69 Å². The molecule has 0 aliphatic heterocycles. The summed E-state index contributed by atoms with van der Waals surface area (Å²) in [5, 5.41) is 0.406. The van der Waals surface area contributed by atoms with Crippen molar-refractivity contribution in [1.82, 2.24) is 14.1 Å². The minimum Gasteiger partial charge on any atom is -0.268 e. The Bertz CT molecular complexity index is 1240. The van der Waals surface area contributed by atoms with Crippen LogP contribution < -0.4 is 11.2 Å². The monoisotopic (exact) mass is 355 g/mol. The second-order valence-electron chi connectivity index (χ2n) is 6.17. The van der Waals surface area contributed by atoms with Crippen molar-refractivity contribution >= 4 is 17.1 Å². The molecule has 0 bridgehead atoms.